The largest absolute Gasteiger partial charge is 0.497 e. The number of benzene rings is 1. The van der Waals surface area contributed by atoms with Gasteiger partial charge >= 0.3 is 0 Å². The van der Waals surface area contributed by atoms with Crippen molar-refractivity contribution in [2.75, 3.05) is 20.2 Å². The predicted octanol–water partition coefficient (Wildman–Crippen LogP) is 2.82. The highest BCUT2D eigenvalue weighted by Crippen LogP contribution is 2.33. The first-order chi connectivity index (χ1) is 9.15. The summed E-state index contributed by atoms with van der Waals surface area (Å²) in [6.07, 6.45) is 2.76. The minimum atomic E-state index is 0.132. The smallest absolute Gasteiger partial charge is 0.118 e. The highest BCUT2D eigenvalue weighted by molar-refractivity contribution is 5.30. The molecule has 1 saturated carbocycles. The Hall–Kier alpha value is -1.06. The van der Waals surface area contributed by atoms with E-state index in [9.17, 15) is 0 Å². The van der Waals surface area contributed by atoms with Gasteiger partial charge in [0.2, 0.25) is 0 Å². The van der Waals surface area contributed by atoms with Crippen LogP contribution in [0.4, 0.5) is 0 Å². The number of rotatable bonds is 7. The van der Waals surface area contributed by atoms with Gasteiger partial charge in [0, 0.05) is 18.6 Å². The molecular formula is C16H26N2O. The molecular weight excluding hydrogens is 236 g/mol. The summed E-state index contributed by atoms with van der Waals surface area (Å²) in [7, 11) is 1.70. The number of hydrogen-bond donors (Lipinski definition) is 1. The lowest BCUT2D eigenvalue weighted by Gasteiger charge is -2.34. The van der Waals surface area contributed by atoms with Crippen LogP contribution in [0.25, 0.3) is 0 Å². The lowest BCUT2D eigenvalue weighted by molar-refractivity contribution is 0.178. The van der Waals surface area contributed by atoms with Gasteiger partial charge in [-0.15, -0.1) is 0 Å². The van der Waals surface area contributed by atoms with E-state index in [4.69, 9.17) is 10.5 Å². The van der Waals surface area contributed by atoms with Gasteiger partial charge in [-0.25, -0.2) is 0 Å². The van der Waals surface area contributed by atoms with E-state index in [1.807, 2.05) is 12.1 Å². The summed E-state index contributed by atoms with van der Waals surface area (Å²) in [6.45, 7) is 6.55. The Morgan fingerprint density at radius 2 is 1.95 bits per heavy atom. The van der Waals surface area contributed by atoms with Crippen molar-refractivity contribution in [2.45, 2.75) is 38.8 Å². The molecule has 1 aromatic carbocycles. The molecule has 2 N–H and O–H groups in total. The fraction of sp³-hybridized carbons (Fsp3) is 0.625. The van der Waals surface area contributed by atoms with E-state index in [2.05, 4.69) is 30.9 Å². The number of ether oxygens (including phenoxy) is 1. The minimum absolute atomic E-state index is 0.132. The van der Waals surface area contributed by atoms with Crippen LogP contribution in [0.5, 0.6) is 5.75 Å². The SMILES string of the molecule is CCN(CC1CC1)C(c1ccc(OC)cc1)C(C)N. The number of methoxy groups -OCH3 is 1. The summed E-state index contributed by atoms with van der Waals surface area (Å²) in [4.78, 5) is 2.52. The number of hydrogen-bond acceptors (Lipinski definition) is 3. The molecule has 2 rings (SSSR count). The van der Waals surface area contributed by atoms with Gasteiger partial charge in [0.15, 0.2) is 0 Å². The van der Waals surface area contributed by atoms with Crippen molar-refractivity contribution in [2.24, 2.45) is 11.7 Å². The van der Waals surface area contributed by atoms with Crippen LogP contribution < -0.4 is 10.5 Å². The first-order valence-corrected chi connectivity index (χ1v) is 7.29. The van der Waals surface area contributed by atoms with Crippen molar-refractivity contribution in [1.82, 2.24) is 4.90 Å². The summed E-state index contributed by atoms with van der Waals surface area (Å²) >= 11 is 0. The zero-order valence-electron chi connectivity index (χ0n) is 12.3. The van der Waals surface area contributed by atoms with Crippen molar-refractivity contribution >= 4 is 0 Å². The van der Waals surface area contributed by atoms with E-state index in [0.29, 0.717) is 6.04 Å². The lowest BCUT2D eigenvalue weighted by atomic mass is 9.98. The molecule has 1 aliphatic rings. The summed E-state index contributed by atoms with van der Waals surface area (Å²) in [5, 5.41) is 0. The quantitative estimate of drug-likeness (QED) is 0.821. The molecule has 0 radical (unpaired) electrons. The Labute approximate surface area is 116 Å². The third-order valence-corrected chi connectivity index (χ3v) is 3.94. The summed E-state index contributed by atoms with van der Waals surface area (Å²) in [6, 6.07) is 8.76. The molecule has 0 amide bonds. The zero-order chi connectivity index (χ0) is 13.8. The molecule has 0 aromatic heterocycles. The molecule has 0 spiro atoms. The minimum Gasteiger partial charge on any atom is -0.497 e. The molecule has 1 aromatic rings. The second-order valence-corrected chi connectivity index (χ2v) is 5.61. The lowest BCUT2D eigenvalue weighted by Crippen LogP contribution is -2.40. The van der Waals surface area contributed by atoms with E-state index < -0.39 is 0 Å². The normalized spacial score (nSPS) is 18.4. The van der Waals surface area contributed by atoms with Crippen LogP contribution in [0, 0.1) is 5.92 Å². The maximum absolute atomic E-state index is 6.24. The molecule has 0 aliphatic heterocycles. The van der Waals surface area contributed by atoms with Gasteiger partial charge in [-0.05, 0) is 49.9 Å². The summed E-state index contributed by atoms with van der Waals surface area (Å²) in [5.41, 5.74) is 7.53. The van der Waals surface area contributed by atoms with E-state index in [1.54, 1.807) is 7.11 Å². The Morgan fingerprint density at radius 3 is 2.37 bits per heavy atom. The van der Waals surface area contributed by atoms with Crippen molar-refractivity contribution in [3.63, 3.8) is 0 Å². The molecule has 19 heavy (non-hydrogen) atoms. The van der Waals surface area contributed by atoms with Gasteiger partial charge in [-0.2, -0.15) is 0 Å². The second-order valence-electron chi connectivity index (χ2n) is 5.61. The van der Waals surface area contributed by atoms with Crippen molar-refractivity contribution in [3.8, 4) is 5.75 Å². The third-order valence-electron chi connectivity index (χ3n) is 3.94. The molecule has 1 aliphatic carbocycles. The summed E-state index contributed by atoms with van der Waals surface area (Å²) in [5.74, 6) is 1.79. The number of nitrogens with zero attached hydrogens (tertiary/aromatic N) is 1. The van der Waals surface area contributed by atoms with Gasteiger partial charge in [0.25, 0.3) is 0 Å². The fourth-order valence-corrected chi connectivity index (χ4v) is 2.72. The Kier molecular flexibility index (Phi) is 4.83. The van der Waals surface area contributed by atoms with Crippen LogP contribution in [-0.4, -0.2) is 31.1 Å². The van der Waals surface area contributed by atoms with Crippen LogP contribution in [0.15, 0.2) is 24.3 Å². The third kappa shape index (κ3) is 3.71. The number of nitrogens with two attached hydrogens (primary N) is 1. The predicted molar refractivity (Wildman–Crippen MR) is 79.4 cm³/mol. The zero-order valence-corrected chi connectivity index (χ0v) is 12.3. The Bertz CT molecular complexity index is 384. The van der Waals surface area contributed by atoms with Crippen molar-refractivity contribution in [1.29, 1.82) is 0 Å². The molecule has 2 unspecified atom stereocenters. The molecule has 0 saturated heterocycles. The van der Waals surface area contributed by atoms with Crippen molar-refractivity contribution < 1.29 is 4.74 Å². The molecule has 0 bridgehead atoms. The van der Waals surface area contributed by atoms with E-state index in [0.717, 1.165) is 18.2 Å². The first-order valence-electron chi connectivity index (χ1n) is 7.29. The van der Waals surface area contributed by atoms with Crippen LogP contribution in [0.3, 0.4) is 0 Å². The van der Waals surface area contributed by atoms with Gasteiger partial charge in [0.05, 0.1) is 7.11 Å². The molecule has 3 nitrogen and oxygen atoms in total. The standard InChI is InChI=1S/C16H26N2O/c1-4-18(11-13-5-6-13)16(12(2)17)14-7-9-15(19-3)10-8-14/h7-10,12-13,16H,4-6,11,17H2,1-3H3. The van der Waals surface area contributed by atoms with Crippen LogP contribution in [0.1, 0.15) is 38.3 Å². The van der Waals surface area contributed by atoms with Crippen LogP contribution >= 0.6 is 0 Å². The molecule has 1 fully saturated rings. The highest BCUT2D eigenvalue weighted by Gasteiger charge is 2.29. The average Bonchev–Trinajstić information content (AvgIpc) is 3.22. The van der Waals surface area contributed by atoms with Crippen molar-refractivity contribution in [3.05, 3.63) is 29.8 Å². The maximum atomic E-state index is 6.24. The topological polar surface area (TPSA) is 38.5 Å². The van der Waals surface area contributed by atoms with Gasteiger partial charge in [-0.3, -0.25) is 4.90 Å². The van der Waals surface area contributed by atoms with Crippen LogP contribution in [-0.2, 0) is 0 Å². The van der Waals surface area contributed by atoms with Gasteiger partial charge in [-0.1, -0.05) is 19.1 Å². The maximum Gasteiger partial charge on any atom is 0.118 e. The van der Waals surface area contributed by atoms with E-state index in [-0.39, 0.29) is 6.04 Å². The second kappa shape index (κ2) is 6.40. The Morgan fingerprint density at radius 1 is 1.32 bits per heavy atom. The Balaban J connectivity index is 2.16. The average molecular weight is 262 g/mol. The van der Waals surface area contributed by atoms with E-state index in [1.165, 1.54) is 24.9 Å². The van der Waals surface area contributed by atoms with E-state index >= 15 is 0 Å². The fourth-order valence-electron chi connectivity index (χ4n) is 2.72. The van der Waals surface area contributed by atoms with Gasteiger partial charge in [0.1, 0.15) is 5.75 Å². The monoisotopic (exact) mass is 262 g/mol. The molecule has 3 heteroatoms. The van der Waals surface area contributed by atoms with Gasteiger partial charge < -0.3 is 10.5 Å². The molecule has 106 valence electrons. The molecule has 2 atom stereocenters. The van der Waals surface area contributed by atoms with Crippen LogP contribution in [0.2, 0.25) is 0 Å². The molecule has 0 heterocycles. The number of likely N-dealkylation sites (N-methyl/N-ethyl adjacent to an activating group) is 1. The summed E-state index contributed by atoms with van der Waals surface area (Å²) < 4.78 is 5.23. The first kappa shape index (κ1) is 14.4. The highest BCUT2D eigenvalue weighted by atomic mass is 16.5.